The second-order valence-electron chi connectivity index (χ2n) is 5.70. The molecule has 0 saturated carbocycles. The minimum Gasteiger partial charge on any atom is -0.339 e. The SMILES string of the molecule is Cc1noc(CCNC2CCCN(C(C)C)CC2)n1. The van der Waals surface area contributed by atoms with E-state index in [9.17, 15) is 0 Å². The summed E-state index contributed by atoms with van der Waals surface area (Å²) >= 11 is 0. The summed E-state index contributed by atoms with van der Waals surface area (Å²) in [6, 6.07) is 1.30. The fourth-order valence-corrected chi connectivity index (χ4v) is 2.66. The lowest BCUT2D eigenvalue weighted by Gasteiger charge is -2.24. The Kier molecular flexibility index (Phi) is 5.34. The van der Waals surface area contributed by atoms with Crippen LogP contribution >= 0.6 is 0 Å². The van der Waals surface area contributed by atoms with Gasteiger partial charge in [-0.05, 0) is 53.1 Å². The van der Waals surface area contributed by atoms with Crippen molar-refractivity contribution in [3.05, 3.63) is 11.7 Å². The first kappa shape index (κ1) is 14.5. The van der Waals surface area contributed by atoms with E-state index in [1.54, 1.807) is 0 Å². The molecule has 2 heterocycles. The Morgan fingerprint density at radius 2 is 2.21 bits per heavy atom. The summed E-state index contributed by atoms with van der Waals surface area (Å²) < 4.78 is 5.12. The number of likely N-dealkylation sites (tertiary alicyclic amines) is 1. The van der Waals surface area contributed by atoms with Gasteiger partial charge in [-0.15, -0.1) is 0 Å². The van der Waals surface area contributed by atoms with E-state index in [1.165, 1.54) is 32.4 Å². The molecule has 5 nitrogen and oxygen atoms in total. The van der Waals surface area contributed by atoms with E-state index in [4.69, 9.17) is 4.52 Å². The molecule has 1 aliphatic rings. The van der Waals surface area contributed by atoms with Crippen molar-refractivity contribution in [2.24, 2.45) is 0 Å². The van der Waals surface area contributed by atoms with Crippen LogP contribution in [0, 0.1) is 6.92 Å². The van der Waals surface area contributed by atoms with E-state index < -0.39 is 0 Å². The highest BCUT2D eigenvalue weighted by molar-refractivity contribution is 4.84. The summed E-state index contributed by atoms with van der Waals surface area (Å²) in [5.41, 5.74) is 0. The second kappa shape index (κ2) is 7.01. The summed E-state index contributed by atoms with van der Waals surface area (Å²) in [5.74, 6) is 1.46. The topological polar surface area (TPSA) is 54.2 Å². The number of rotatable bonds is 5. The van der Waals surface area contributed by atoms with Gasteiger partial charge in [0.05, 0.1) is 0 Å². The summed E-state index contributed by atoms with van der Waals surface area (Å²) in [5, 5.41) is 7.43. The highest BCUT2D eigenvalue weighted by Gasteiger charge is 2.18. The van der Waals surface area contributed by atoms with Crippen molar-refractivity contribution in [1.82, 2.24) is 20.4 Å². The van der Waals surface area contributed by atoms with Gasteiger partial charge in [0.2, 0.25) is 5.89 Å². The monoisotopic (exact) mass is 266 g/mol. The molecule has 19 heavy (non-hydrogen) atoms. The Morgan fingerprint density at radius 1 is 1.37 bits per heavy atom. The molecule has 1 N–H and O–H groups in total. The van der Waals surface area contributed by atoms with Crippen LogP contribution in [0.5, 0.6) is 0 Å². The molecule has 1 atom stereocenters. The maximum Gasteiger partial charge on any atom is 0.227 e. The van der Waals surface area contributed by atoms with Crippen LogP contribution in [-0.4, -0.2) is 46.8 Å². The van der Waals surface area contributed by atoms with Crippen LogP contribution in [0.25, 0.3) is 0 Å². The minimum atomic E-state index is 0.632. The maximum atomic E-state index is 5.12. The Balaban J connectivity index is 1.68. The maximum absolute atomic E-state index is 5.12. The number of nitrogens with zero attached hydrogens (tertiary/aromatic N) is 3. The van der Waals surface area contributed by atoms with Crippen LogP contribution in [0.15, 0.2) is 4.52 Å². The van der Waals surface area contributed by atoms with E-state index >= 15 is 0 Å². The van der Waals surface area contributed by atoms with Crippen LogP contribution in [0.3, 0.4) is 0 Å². The van der Waals surface area contributed by atoms with Gasteiger partial charge < -0.3 is 14.7 Å². The first-order valence-corrected chi connectivity index (χ1v) is 7.42. The molecule has 1 aromatic heterocycles. The fraction of sp³-hybridized carbons (Fsp3) is 0.857. The lowest BCUT2D eigenvalue weighted by atomic mass is 10.1. The van der Waals surface area contributed by atoms with Gasteiger partial charge in [0.25, 0.3) is 0 Å². The molecular formula is C14H26N4O. The molecule has 2 rings (SSSR count). The molecule has 0 aliphatic carbocycles. The van der Waals surface area contributed by atoms with Crippen molar-refractivity contribution in [3.63, 3.8) is 0 Å². The summed E-state index contributed by atoms with van der Waals surface area (Å²) in [6.45, 7) is 9.78. The average Bonchev–Trinajstić information content (AvgIpc) is 2.64. The average molecular weight is 266 g/mol. The largest absolute Gasteiger partial charge is 0.339 e. The minimum absolute atomic E-state index is 0.632. The van der Waals surface area contributed by atoms with Crippen molar-refractivity contribution in [2.45, 2.75) is 58.5 Å². The normalized spacial score (nSPS) is 21.8. The number of aryl methyl sites for hydroxylation is 1. The molecule has 1 aliphatic heterocycles. The third-order valence-electron chi connectivity index (χ3n) is 3.83. The molecule has 1 unspecified atom stereocenters. The smallest absolute Gasteiger partial charge is 0.227 e. The van der Waals surface area contributed by atoms with Crippen LogP contribution in [0.1, 0.15) is 44.8 Å². The van der Waals surface area contributed by atoms with Crippen molar-refractivity contribution in [2.75, 3.05) is 19.6 Å². The molecule has 0 bridgehead atoms. The van der Waals surface area contributed by atoms with Gasteiger partial charge in [0.15, 0.2) is 5.82 Å². The van der Waals surface area contributed by atoms with Gasteiger partial charge >= 0.3 is 0 Å². The van der Waals surface area contributed by atoms with E-state index in [1.807, 2.05) is 6.92 Å². The molecule has 0 amide bonds. The van der Waals surface area contributed by atoms with Gasteiger partial charge in [-0.3, -0.25) is 0 Å². The fourth-order valence-electron chi connectivity index (χ4n) is 2.66. The first-order valence-electron chi connectivity index (χ1n) is 7.42. The third kappa shape index (κ3) is 4.58. The molecule has 0 spiro atoms. The molecule has 1 aromatic rings. The highest BCUT2D eigenvalue weighted by Crippen LogP contribution is 2.13. The van der Waals surface area contributed by atoms with Crippen LogP contribution in [-0.2, 0) is 6.42 Å². The Morgan fingerprint density at radius 3 is 2.89 bits per heavy atom. The molecule has 5 heteroatoms. The molecule has 1 fully saturated rings. The molecule has 108 valence electrons. The number of nitrogens with one attached hydrogen (secondary N) is 1. The zero-order valence-electron chi connectivity index (χ0n) is 12.4. The van der Waals surface area contributed by atoms with Gasteiger partial charge in [-0.25, -0.2) is 0 Å². The van der Waals surface area contributed by atoms with Crippen molar-refractivity contribution >= 4 is 0 Å². The predicted molar refractivity (Wildman–Crippen MR) is 75.1 cm³/mol. The summed E-state index contributed by atoms with van der Waals surface area (Å²) in [4.78, 5) is 6.79. The van der Waals surface area contributed by atoms with E-state index in [-0.39, 0.29) is 0 Å². The van der Waals surface area contributed by atoms with Crippen molar-refractivity contribution < 1.29 is 4.52 Å². The van der Waals surface area contributed by atoms with E-state index in [0.717, 1.165) is 24.7 Å². The molecule has 0 aromatic carbocycles. The predicted octanol–water partition coefficient (Wildman–Crippen LogP) is 1.77. The Hall–Kier alpha value is -0.940. The zero-order chi connectivity index (χ0) is 13.7. The van der Waals surface area contributed by atoms with Gasteiger partial charge in [0.1, 0.15) is 0 Å². The lowest BCUT2D eigenvalue weighted by Crippen LogP contribution is -2.34. The van der Waals surface area contributed by atoms with Crippen LogP contribution < -0.4 is 5.32 Å². The number of aromatic nitrogens is 2. The number of hydrogen-bond acceptors (Lipinski definition) is 5. The van der Waals surface area contributed by atoms with E-state index in [0.29, 0.717) is 12.1 Å². The zero-order valence-corrected chi connectivity index (χ0v) is 12.4. The lowest BCUT2D eigenvalue weighted by molar-refractivity contribution is 0.229. The van der Waals surface area contributed by atoms with Crippen molar-refractivity contribution in [1.29, 1.82) is 0 Å². The standard InChI is InChI=1S/C14H26N4O/c1-11(2)18-9-4-5-13(7-10-18)15-8-6-14-16-12(3)17-19-14/h11,13,15H,4-10H2,1-3H3. The molecule has 1 saturated heterocycles. The van der Waals surface area contributed by atoms with Gasteiger partial charge in [0, 0.05) is 25.0 Å². The molecular weight excluding hydrogens is 240 g/mol. The molecule has 0 radical (unpaired) electrons. The quantitative estimate of drug-likeness (QED) is 0.880. The van der Waals surface area contributed by atoms with E-state index in [2.05, 4.69) is 34.2 Å². The Bertz CT molecular complexity index is 377. The summed E-state index contributed by atoms with van der Waals surface area (Å²) in [6.07, 6.45) is 4.62. The highest BCUT2D eigenvalue weighted by atomic mass is 16.5. The van der Waals surface area contributed by atoms with Crippen molar-refractivity contribution in [3.8, 4) is 0 Å². The second-order valence-corrected chi connectivity index (χ2v) is 5.70. The van der Waals surface area contributed by atoms with Crippen LogP contribution in [0.4, 0.5) is 0 Å². The summed E-state index contributed by atoms with van der Waals surface area (Å²) in [7, 11) is 0. The number of hydrogen-bond donors (Lipinski definition) is 1. The third-order valence-corrected chi connectivity index (χ3v) is 3.83. The van der Waals surface area contributed by atoms with Gasteiger partial charge in [-0.1, -0.05) is 5.16 Å². The van der Waals surface area contributed by atoms with Gasteiger partial charge in [-0.2, -0.15) is 4.98 Å². The first-order chi connectivity index (χ1) is 9.15. The Labute approximate surface area is 115 Å². The van der Waals surface area contributed by atoms with Crippen LogP contribution in [0.2, 0.25) is 0 Å².